The Kier molecular flexibility index (Phi) is 10.8. The van der Waals surface area contributed by atoms with Gasteiger partial charge in [0.15, 0.2) is 0 Å². The van der Waals surface area contributed by atoms with Crippen molar-refractivity contribution >= 4 is 29.6 Å². The van der Waals surface area contributed by atoms with Gasteiger partial charge < -0.3 is 26.3 Å². The highest BCUT2D eigenvalue weighted by atomic mass is 16.5. The van der Waals surface area contributed by atoms with Crippen LogP contribution < -0.4 is 16.8 Å². The molecule has 0 aliphatic rings. The van der Waals surface area contributed by atoms with E-state index in [1.807, 2.05) is 12.1 Å². The molecule has 0 unspecified atom stereocenters. The Morgan fingerprint density at radius 3 is 2.35 bits per heavy atom. The third-order valence-corrected chi connectivity index (χ3v) is 5.14. The average molecular weight is 472 g/mol. The topological polar surface area (TPSA) is 160 Å². The summed E-state index contributed by atoms with van der Waals surface area (Å²) in [6, 6.07) is 6.28. The van der Waals surface area contributed by atoms with Crippen molar-refractivity contribution in [3.8, 4) is 0 Å². The fraction of sp³-hybridized carbons (Fsp3) is 0.458. The van der Waals surface area contributed by atoms with Crippen LogP contribution in [-0.4, -0.2) is 47.1 Å². The SMILES string of the molecule is CCOC(=O)CC[C@H](NC(=O)c1ccccc1CCCCc1cnc(N)nc1N)C(=O)OCC. The van der Waals surface area contributed by atoms with Gasteiger partial charge in [0, 0.05) is 23.7 Å². The molecule has 2 rings (SSSR count). The molecule has 1 heterocycles. The van der Waals surface area contributed by atoms with Gasteiger partial charge in [0.2, 0.25) is 5.95 Å². The molecule has 34 heavy (non-hydrogen) atoms. The molecule has 5 N–H and O–H groups in total. The van der Waals surface area contributed by atoms with Gasteiger partial charge in [0.05, 0.1) is 13.2 Å². The van der Waals surface area contributed by atoms with E-state index < -0.39 is 23.9 Å². The van der Waals surface area contributed by atoms with Crippen LogP contribution in [-0.2, 0) is 31.9 Å². The second-order valence-corrected chi connectivity index (χ2v) is 7.62. The molecular weight excluding hydrogens is 438 g/mol. The van der Waals surface area contributed by atoms with Gasteiger partial charge in [-0.15, -0.1) is 0 Å². The molecule has 0 saturated carbocycles. The van der Waals surface area contributed by atoms with Gasteiger partial charge in [0.25, 0.3) is 5.91 Å². The molecule has 1 aromatic heterocycles. The largest absolute Gasteiger partial charge is 0.466 e. The standard InChI is InChI=1S/C24H33N5O5/c1-3-33-20(30)14-13-19(23(32)34-4-2)28-22(31)18-12-8-7-10-16(18)9-5-6-11-17-15-27-24(26)29-21(17)25/h7-8,10,12,15,19H,3-6,9,11,13-14H2,1-2H3,(H,28,31)(H4,25,26,27,29)/t19-/m0/s1. The number of rotatable bonds is 13. The highest BCUT2D eigenvalue weighted by Gasteiger charge is 2.24. The average Bonchev–Trinajstić information content (AvgIpc) is 2.81. The molecule has 0 aliphatic heterocycles. The molecule has 2 aromatic rings. The van der Waals surface area contributed by atoms with Crippen LogP contribution in [0.15, 0.2) is 30.5 Å². The van der Waals surface area contributed by atoms with Crippen LogP contribution >= 0.6 is 0 Å². The van der Waals surface area contributed by atoms with Crippen LogP contribution in [0.25, 0.3) is 0 Å². The van der Waals surface area contributed by atoms with Crippen molar-refractivity contribution in [2.45, 2.75) is 58.4 Å². The molecule has 1 aromatic carbocycles. The first-order valence-corrected chi connectivity index (χ1v) is 11.4. The first kappa shape index (κ1) is 26.6. The van der Waals surface area contributed by atoms with Gasteiger partial charge in [-0.2, -0.15) is 4.98 Å². The third kappa shape index (κ3) is 8.34. The molecule has 0 aliphatic carbocycles. The van der Waals surface area contributed by atoms with Crippen molar-refractivity contribution in [1.82, 2.24) is 15.3 Å². The lowest BCUT2D eigenvalue weighted by atomic mass is 9.99. The fourth-order valence-electron chi connectivity index (χ4n) is 3.44. The summed E-state index contributed by atoms with van der Waals surface area (Å²) in [5, 5.41) is 2.72. The van der Waals surface area contributed by atoms with E-state index in [2.05, 4.69) is 15.3 Å². The predicted molar refractivity (Wildman–Crippen MR) is 128 cm³/mol. The molecule has 1 amide bonds. The maximum Gasteiger partial charge on any atom is 0.328 e. The number of unbranched alkanes of at least 4 members (excludes halogenated alkanes) is 1. The Labute approximate surface area is 199 Å². The second-order valence-electron chi connectivity index (χ2n) is 7.62. The molecule has 0 radical (unpaired) electrons. The lowest BCUT2D eigenvalue weighted by molar-refractivity contribution is -0.146. The first-order valence-electron chi connectivity index (χ1n) is 11.4. The molecular formula is C24H33N5O5. The van der Waals surface area contributed by atoms with Crippen LogP contribution in [0.3, 0.4) is 0 Å². The number of ether oxygens (including phenoxy) is 2. The van der Waals surface area contributed by atoms with Gasteiger partial charge in [-0.05, 0) is 57.6 Å². The smallest absolute Gasteiger partial charge is 0.328 e. The second kappa shape index (κ2) is 13.8. The quantitative estimate of drug-likeness (QED) is 0.294. The minimum absolute atomic E-state index is 0.00275. The highest BCUT2D eigenvalue weighted by Crippen LogP contribution is 2.16. The number of carbonyl (C=O) groups is 3. The van der Waals surface area contributed by atoms with Gasteiger partial charge in [-0.3, -0.25) is 9.59 Å². The van der Waals surface area contributed by atoms with Gasteiger partial charge in [-0.25, -0.2) is 9.78 Å². The minimum atomic E-state index is -0.946. The first-order chi connectivity index (χ1) is 16.3. The van der Waals surface area contributed by atoms with Gasteiger partial charge >= 0.3 is 11.9 Å². The molecule has 0 saturated heterocycles. The summed E-state index contributed by atoms with van der Waals surface area (Å²) in [6.07, 6.45) is 4.70. The summed E-state index contributed by atoms with van der Waals surface area (Å²) in [6.45, 7) is 3.81. The number of esters is 2. The van der Waals surface area contributed by atoms with Crippen LogP contribution in [0.2, 0.25) is 0 Å². The maximum absolute atomic E-state index is 13.0. The van der Waals surface area contributed by atoms with Crippen LogP contribution in [0.1, 0.15) is 61.0 Å². The molecule has 184 valence electrons. The number of carbonyl (C=O) groups excluding carboxylic acids is 3. The van der Waals surface area contributed by atoms with Crippen molar-refractivity contribution < 1.29 is 23.9 Å². The van der Waals surface area contributed by atoms with Crippen LogP contribution in [0.5, 0.6) is 0 Å². The minimum Gasteiger partial charge on any atom is -0.466 e. The number of amides is 1. The normalized spacial score (nSPS) is 11.5. The lowest BCUT2D eigenvalue weighted by Crippen LogP contribution is -2.42. The summed E-state index contributed by atoms with van der Waals surface area (Å²) in [7, 11) is 0. The number of nitrogens with one attached hydrogen (secondary N) is 1. The number of nitrogen functional groups attached to an aromatic ring is 2. The van der Waals surface area contributed by atoms with Crippen molar-refractivity contribution in [2.75, 3.05) is 24.7 Å². The maximum atomic E-state index is 13.0. The number of nitrogens with zero attached hydrogens (tertiary/aromatic N) is 2. The number of hydrogen-bond acceptors (Lipinski definition) is 9. The Balaban J connectivity index is 1.99. The monoisotopic (exact) mass is 471 g/mol. The number of aromatic nitrogens is 2. The van der Waals surface area contributed by atoms with Crippen molar-refractivity contribution in [1.29, 1.82) is 0 Å². The van der Waals surface area contributed by atoms with Gasteiger partial charge in [-0.1, -0.05) is 18.2 Å². The fourth-order valence-corrected chi connectivity index (χ4v) is 3.44. The predicted octanol–water partition coefficient (Wildman–Crippen LogP) is 2.21. The number of benzene rings is 1. The van der Waals surface area contributed by atoms with Crippen molar-refractivity contribution in [3.05, 3.63) is 47.2 Å². The molecule has 0 spiro atoms. The summed E-state index contributed by atoms with van der Waals surface area (Å²) in [5.74, 6) is -0.891. The summed E-state index contributed by atoms with van der Waals surface area (Å²) < 4.78 is 9.98. The third-order valence-electron chi connectivity index (χ3n) is 5.14. The van der Waals surface area contributed by atoms with E-state index in [-0.39, 0.29) is 32.0 Å². The summed E-state index contributed by atoms with van der Waals surface area (Å²) in [4.78, 5) is 45.0. The molecule has 0 fully saturated rings. The van der Waals surface area contributed by atoms with Crippen LogP contribution in [0, 0.1) is 0 Å². The number of nitrogens with two attached hydrogens (primary N) is 2. The zero-order valence-corrected chi connectivity index (χ0v) is 19.7. The number of hydrogen-bond donors (Lipinski definition) is 3. The van der Waals surface area contributed by atoms with Crippen LogP contribution in [0.4, 0.5) is 11.8 Å². The number of anilines is 2. The molecule has 0 bridgehead atoms. The zero-order chi connectivity index (χ0) is 24.9. The van der Waals surface area contributed by atoms with E-state index >= 15 is 0 Å². The number of aryl methyl sites for hydroxylation is 2. The van der Waals surface area contributed by atoms with E-state index in [1.54, 1.807) is 32.2 Å². The zero-order valence-electron chi connectivity index (χ0n) is 19.7. The Morgan fingerprint density at radius 1 is 1.00 bits per heavy atom. The van der Waals surface area contributed by atoms with E-state index in [0.717, 1.165) is 24.0 Å². The highest BCUT2D eigenvalue weighted by molar-refractivity contribution is 5.98. The van der Waals surface area contributed by atoms with E-state index in [0.29, 0.717) is 24.2 Å². The summed E-state index contributed by atoms with van der Waals surface area (Å²) in [5.41, 5.74) is 13.6. The Morgan fingerprint density at radius 2 is 1.68 bits per heavy atom. The Bertz CT molecular complexity index is 982. The molecule has 10 heteroatoms. The molecule has 1 atom stereocenters. The van der Waals surface area contributed by atoms with E-state index in [4.69, 9.17) is 20.9 Å². The van der Waals surface area contributed by atoms with Crippen molar-refractivity contribution in [2.24, 2.45) is 0 Å². The van der Waals surface area contributed by atoms with Gasteiger partial charge in [0.1, 0.15) is 11.9 Å². The van der Waals surface area contributed by atoms with E-state index in [1.165, 1.54) is 0 Å². The lowest BCUT2D eigenvalue weighted by Gasteiger charge is -2.18. The van der Waals surface area contributed by atoms with Crippen molar-refractivity contribution in [3.63, 3.8) is 0 Å². The summed E-state index contributed by atoms with van der Waals surface area (Å²) >= 11 is 0. The van der Waals surface area contributed by atoms with E-state index in [9.17, 15) is 14.4 Å². The Hall–Kier alpha value is -3.69. The molecule has 10 nitrogen and oxygen atoms in total.